The molecule has 2 nitrogen and oxygen atoms in total. The number of benzene rings is 1. The lowest BCUT2D eigenvalue weighted by Crippen LogP contribution is -2.41. The van der Waals surface area contributed by atoms with Gasteiger partial charge in [0.15, 0.2) is 0 Å². The number of hydrogen-bond donors (Lipinski definition) is 1. The van der Waals surface area contributed by atoms with Crippen molar-refractivity contribution < 1.29 is 4.74 Å². The minimum atomic E-state index is 0.414. The minimum absolute atomic E-state index is 0.414. The standard InChI is InChI=1S/C17H26ClNO/c1-3-10-19-16(15-9-11-20-17(15)4-2)12-13-5-7-14(18)8-6-13/h5-8,15-17,19H,3-4,9-12H2,1-2H3. The molecule has 1 N–H and O–H groups in total. The fourth-order valence-corrected chi connectivity index (χ4v) is 3.25. The molecule has 0 aliphatic carbocycles. The Bertz CT molecular complexity index is 392. The highest BCUT2D eigenvalue weighted by Crippen LogP contribution is 2.28. The lowest BCUT2D eigenvalue weighted by atomic mass is 9.87. The predicted molar refractivity (Wildman–Crippen MR) is 85.4 cm³/mol. The summed E-state index contributed by atoms with van der Waals surface area (Å²) in [6, 6.07) is 8.75. The molecule has 2 rings (SSSR count). The number of ether oxygens (including phenoxy) is 1. The molecular weight excluding hydrogens is 270 g/mol. The molecule has 1 aliphatic heterocycles. The van der Waals surface area contributed by atoms with Gasteiger partial charge in [0.2, 0.25) is 0 Å². The van der Waals surface area contributed by atoms with E-state index in [4.69, 9.17) is 16.3 Å². The zero-order chi connectivity index (χ0) is 14.4. The zero-order valence-electron chi connectivity index (χ0n) is 12.6. The van der Waals surface area contributed by atoms with Crippen LogP contribution in [0.3, 0.4) is 0 Å². The molecule has 0 aromatic heterocycles. The van der Waals surface area contributed by atoms with Crippen molar-refractivity contribution in [3.8, 4) is 0 Å². The molecule has 1 aromatic rings. The van der Waals surface area contributed by atoms with Crippen LogP contribution in [0.1, 0.15) is 38.7 Å². The summed E-state index contributed by atoms with van der Waals surface area (Å²) in [5.74, 6) is 0.627. The lowest BCUT2D eigenvalue weighted by Gasteiger charge is -2.28. The Kier molecular flexibility index (Phi) is 6.34. The van der Waals surface area contributed by atoms with Crippen LogP contribution in [0.2, 0.25) is 5.02 Å². The van der Waals surface area contributed by atoms with E-state index in [1.54, 1.807) is 0 Å². The first-order chi connectivity index (χ1) is 9.74. The van der Waals surface area contributed by atoms with Gasteiger partial charge in [-0.3, -0.25) is 0 Å². The van der Waals surface area contributed by atoms with Gasteiger partial charge in [-0.25, -0.2) is 0 Å². The van der Waals surface area contributed by atoms with E-state index < -0.39 is 0 Å². The van der Waals surface area contributed by atoms with Crippen molar-refractivity contribution in [2.24, 2.45) is 5.92 Å². The molecule has 0 amide bonds. The second-order valence-corrected chi connectivity index (χ2v) is 6.10. The van der Waals surface area contributed by atoms with Crippen molar-refractivity contribution in [2.45, 2.75) is 51.7 Å². The highest BCUT2D eigenvalue weighted by atomic mass is 35.5. The fourth-order valence-electron chi connectivity index (χ4n) is 3.12. The Hall–Kier alpha value is -0.570. The Labute approximate surface area is 127 Å². The molecule has 0 radical (unpaired) electrons. The van der Waals surface area contributed by atoms with Gasteiger partial charge in [0, 0.05) is 23.6 Å². The summed E-state index contributed by atoms with van der Waals surface area (Å²) in [6.07, 6.45) is 4.92. The maximum absolute atomic E-state index is 5.97. The van der Waals surface area contributed by atoms with Gasteiger partial charge >= 0.3 is 0 Å². The second-order valence-electron chi connectivity index (χ2n) is 5.66. The third kappa shape index (κ3) is 4.21. The Morgan fingerprint density at radius 2 is 2.05 bits per heavy atom. The van der Waals surface area contributed by atoms with Gasteiger partial charge in [0.1, 0.15) is 0 Å². The maximum atomic E-state index is 5.97. The van der Waals surface area contributed by atoms with Gasteiger partial charge in [-0.2, -0.15) is 0 Å². The number of halogens is 1. The van der Waals surface area contributed by atoms with Gasteiger partial charge in [-0.1, -0.05) is 37.6 Å². The molecular formula is C17H26ClNO. The second kappa shape index (κ2) is 8.02. The van der Waals surface area contributed by atoms with Crippen LogP contribution in [-0.2, 0) is 11.2 Å². The molecule has 20 heavy (non-hydrogen) atoms. The van der Waals surface area contributed by atoms with Crippen molar-refractivity contribution in [3.05, 3.63) is 34.9 Å². The largest absolute Gasteiger partial charge is 0.378 e. The first-order valence-corrected chi connectivity index (χ1v) is 8.21. The van der Waals surface area contributed by atoms with Gasteiger partial charge in [0.05, 0.1) is 6.10 Å². The summed E-state index contributed by atoms with van der Waals surface area (Å²) in [5, 5.41) is 4.53. The van der Waals surface area contributed by atoms with Gasteiger partial charge in [0.25, 0.3) is 0 Å². The van der Waals surface area contributed by atoms with Crippen LogP contribution in [0.4, 0.5) is 0 Å². The first kappa shape index (κ1) is 15.8. The highest BCUT2D eigenvalue weighted by molar-refractivity contribution is 6.30. The van der Waals surface area contributed by atoms with E-state index in [2.05, 4.69) is 31.3 Å². The summed E-state index contributed by atoms with van der Waals surface area (Å²) < 4.78 is 5.87. The SMILES string of the molecule is CCCNC(Cc1ccc(Cl)cc1)C1CCOC1CC. The first-order valence-electron chi connectivity index (χ1n) is 7.84. The molecule has 112 valence electrons. The maximum Gasteiger partial charge on any atom is 0.0616 e. The molecule has 1 aliphatic rings. The monoisotopic (exact) mass is 295 g/mol. The molecule has 0 bridgehead atoms. The van der Waals surface area contributed by atoms with E-state index in [0.717, 1.165) is 31.0 Å². The lowest BCUT2D eigenvalue weighted by molar-refractivity contribution is 0.0775. The highest BCUT2D eigenvalue weighted by Gasteiger charge is 2.33. The van der Waals surface area contributed by atoms with E-state index in [-0.39, 0.29) is 0 Å². The average molecular weight is 296 g/mol. The third-order valence-electron chi connectivity index (χ3n) is 4.21. The molecule has 1 heterocycles. The van der Waals surface area contributed by atoms with Crippen molar-refractivity contribution in [1.29, 1.82) is 0 Å². The van der Waals surface area contributed by atoms with Crippen molar-refractivity contribution in [1.82, 2.24) is 5.32 Å². The van der Waals surface area contributed by atoms with Crippen LogP contribution in [0.15, 0.2) is 24.3 Å². The molecule has 3 heteroatoms. The quantitative estimate of drug-likeness (QED) is 0.819. The molecule has 3 atom stereocenters. The van der Waals surface area contributed by atoms with E-state index in [9.17, 15) is 0 Å². The summed E-state index contributed by atoms with van der Waals surface area (Å²) in [4.78, 5) is 0. The van der Waals surface area contributed by atoms with Crippen LogP contribution in [0.25, 0.3) is 0 Å². The van der Waals surface area contributed by atoms with Crippen LogP contribution in [0.5, 0.6) is 0 Å². The van der Waals surface area contributed by atoms with Crippen LogP contribution in [-0.4, -0.2) is 25.3 Å². The fraction of sp³-hybridized carbons (Fsp3) is 0.647. The number of nitrogens with one attached hydrogen (secondary N) is 1. The predicted octanol–water partition coefficient (Wildman–Crippen LogP) is 4.07. The van der Waals surface area contributed by atoms with Crippen LogP contribution >= 0.6 is 11.6 Å². The van der Waals surface area contributed by atoms with Gasteiger partial charge in [-0.15, -0.1) is 0 Å². The molecule has 3 unspecified atom stereocenters. The normalized spacial score (nSPS) is 23.9. The summed E-state index contributed by atoms with van der Waals surface area (Å²) in [6.45, 7) is 6.43. The van der Waals surface area contributed by atoms with Gasteiger partial charge < -0.3 is 10.1 Å². The summed E-state index contributed by atoms with van der Waals surface area (Å²) >= 11 is 5.97. The average Bonchev–Trinajstić information content (AvgIpc) is 2.94. The Morgan fingerprint density at radius 3 is 2.70 bits per heavy atom. The topological polar surface area (TPSA) is 21.3 Å². The molecule has 1 fully saturated rings. The molecule has 1 saturated heterocycles. The van der Waals surface area contributed by atoms with E-state index in [1.165, 1.54) is 18.4 Å². The summed E-state index contributed by atoms with van der Waals surface area (Å²) in [7, 11) is 0. The minimum Gasteiger partial charge on any atom is -0.378 e. The van der Waals surface area contributed by atoms with Crippen molar-refractivity contribution in [3.63, 3.8) is 0 Å². The van der Waals surface area contributed by atoms with E-state index in [1.807, 2.05) is 12.1 Å². The van der Waals surface area contributed by atoms with E-state index >= 15 is 0 Å². The summed E-state index contributed by atoms with van der Waals surface area (Å²) in [5.41, 5.74) is 1.35. The molecule has 0 spiro atoms. The van der Waals surface area contributed by atoms with Crippen LogP contribution < -0.4 is 5.32 Å². The molecule has 0 saturated carbocycles. The smallest absolute Gasteiger partial charge is 0.0616 e. The third-order valence-corrected chi connectivity index (χ3v) is 4.46. The van der Waals surface area contributed by atoms with Crippen molar-refractivity contribution in [2.75, 3.05) is 13.2 Å². The number of hydrogen-bond acceptors (Lipinski definition) is 2. The zero-order valence-corrected chi connectivity index (χ0v) is 13.3. The number of rotatable bonds is 7. The molecule has 1 aromatic carbocycles. The van der Waals surface area contributed by atoms with Crippen molar-refractivity contribution >= 4 is 11.6 Å². The Balaban J connectivity index is 2.04. The van der Waals surface area contributed by atoms with Gasteiger partial charge in [-0.05, 0) is 49.9 Å². The van der Waals surface area contributed by atoms with Crippen LogP contribution in [0, 0.1) is 5.92 Å². The van der Waals surface area contributed by atoms with E-state index in [0.29, 0.717) is 18.1 Å². The Morgan fingerprint density at radius 1 is 1.30 bits per heavy atom.